The Bertz CT molecular complexity index is 869. The molecule has 27 heavy (non-hydrogen) atoms. The Morgan fingerprint density at radius 1 is 1.30 bits per heavy atom. The Labute approximate surface area is 160 Å². The molecule has 7 nitrogen and oxygen atoms in total. The van der Waals surface area contributed by atoms with Crippen LogP contribution >= 0.6 is 11.8 Å². The van der Waals surface area contributed by atoms with E-state index in [1.165, 1.54) is 12.1 Å². The van der Waals surface area contributed by atoms with Crippen molar-refractivity contribution >= 4 is 35.0 Å². The Hall–Kier alpha value is -2.87. The molecule has 1 saturated heterocycles. The fraction of sp³-hybridized carbons (Fsp3) is 0.263. The van der Waals surface area contributed by atoms with Crippen LogP contribution in [0.15, 0.2) is 53.4 Å². The van der Waals surface area contributed by atoms with Crippen LogP contribution in [0.5, 0.6) is 0 Å². The number of nitro benzene ring substituents is 1. The lowest BCUT2D eigenvalue weighted by atomic mass is 10.1. The largest absolute Gasteiger partial charge is 0.461 e. The van der Waals surface area contributed by atoms with Gasteiger partial charge in [-0.2, -0.15) is 0 Å². The maximum atomic E-state index is 12.3. The van der Waals surface area contributed by atoms with Crippen LogP contribution in [0.3, 0.4) is 0 Å². The summed E-state index contributed by atoms with van der Waals surface area (Å²) in [4.78, 5) is 37.5. The summed E-state index contributed by atoms with van der Waals surface area (Å²) in [7, 11) is 0. The highest BCUT2D eigenvalue weighted by Crippen LogP contribution is 2.29. The average Bonchev–Trinajstić information content (AvgIpc) is 3.08. The fourth-order valence-electron chi connectivity index (χ4n) is 2.88. The number of amides is 1. The monoisotopic (exact) mass is 386 g/mol. The molecular formula is C19H18N2O5S. The first-order valence-corrected chi connectivity index (χ1v) is 9.55. The molecule has 1 aliphatic rings. The molecule has 1 fully saturated rings. The Balaban J connectivity index is 1.59. The Morgan fingerprint density at radius 3 is 2.70 bits per heavy atom. The zero-order valence-corrected chi connectivity index (χ0v) is 15.5. The molecule has 2 aromatic carbocycles. The van der Waals surface area contributed by atoms with E-state index < -0.39 is 16.8 Å². The molecule has 2 aromatic rings. The summed E-state index contributed by atoms with van der Waals surface area (Å²) in [6.07, 6.45) is 2.08. The summed E-state index contributed by atoms with van der Waals surface area (Å²) in [5.41, 5.74) is 1.41. The van der Waals surface area contributed by atoms with Crippen molar-refractivity contribution in [1.29, 1.82) is 0 Å². The van der Waals surface area contributed by atoms with Crippen LogP contribution < -0.4 is 4.90 Å². The molecule has 0 unspecified atom stereocenters. The molecule has 0 saturated carbocycles. The van der Waals surface area contributed by atoms with Crippen molar-refractivity contribution in [2.24, 2.45) is 5.92 Å². The molecule has 140 valence electrons. The van der Waals surface area contributed by atoms with Gasteiger partial charge in [0, 0.05) is 35.7 Å². The van der Waals surface area contributed by atoms with E-state index in [1.54, 1.807) is 28.8 Å². The van der Waals surface area contributed by atoms with Crippen LogP contribution in [0.1, 0.15) is 12.0 Å². The van der Waals surface area contributed by atoms with E-state index in [-0.39, 0.29) is 31.2 Å². The van der Waals surface area contributed by atoms with Gasteiger partial charge in [-0.1, -0.05) is 6.07 Å². The minimum atomic E-state index is -0.520. The molecule has 0 bridgehead atoms. The molecule has 1 aliphatic heterocycles. The van der Waals surface area contributed by atoms with Crippen molar-refractivity contribution in [2.75, 3.05) is 17.7 Å². The standard InChI is InChI=1S/C19H18N2O5S/c1-27-17-4-2-3-16(10-17)20-11-14(9-18(20)22)19(23)26-12-13-5-7-15(8-6-13)21(24)25/h2-8,10,14H,9,11-12H2,1H3/t14-/m1/s1. The summed E-state index contributed by atoms with van der Waals surface area (Å²) < 4.78 is 5.30. The second-order valence-electron chi connectivity index (χ2n) is 6.14. The van der Waals surface area contributed by atoms with Gasteiger partial charge in [0.15, 0.2) is 0 Å². The van der Waals surface area contributed by atoms with Crippen molar-refractivity contribution < 1.29 is 19.2 Å². The van der Waals surface area contributed by atoms with Gasteiger partial charge in [0.25, 0.3) is 5.69 Å². The number of anilines is 1. The fourth-order valence-corrected chi connectivity index (χ4v) is 3.33. The van der Waals surface area contributed by atoms with Gasteiger partial charge in [-0.25, -0.2) is 0 Å². The maximum absolute atomic E-state index is 12.3. The van der Waals surface area contributed by atoms with E-state index in [0.29, 0.717) is 5.56 Å². The molecule has 0 aliphatic carbocycles. The average molecular weight is 386 g/mol. The summed E-state index contributed by atoms with van der Waals surface area (Å²) >= 11 is 1.59. The number of carbonyl (C=O) groups is 2. The highest BCUT2D eigenvalue weighted by molar-refractivity contribution is 7.98. The molecule has 8 heteroatoms. The van der Waals surface area contributed by atoms with Crippen LogP contribution in [0.4, 0.5) is 11.4 Å². The topological polar surface area (TPSA) is 89.8 Å². The number of hydrogen-bond acceptors (Lipinski definition) is 6. The number of thioether (sulfide) groups is 1. The number of carbonyl (C=O) groups excluding carboxylic acids is 2. The van der Waals surface area contributed by atoms with Crippen molar-refractivity contribution in [1.82, 2.24) is 0 Å². The second kappa shape index (κ2) is 8.22. The summed E-state index contributed by atoms with van der Waals surface area (Å²) in [5, 5.41) is 10.7. The van der Waals surface area contributed by atoms with Crippen LogP contribution in [-0.2, 0) is 20.9 Å². The van der Waals surface area contributed by atoms with Crippen LogP contribution in [0.2, 0.25) is 0 Å². The van der Waals surface area contributed by atoms with Gasteiger partial charge < -0.3 is 9.64 Å². The van der Waals surface area contributed by atoms with Gasteiger partial charge in [-0.3, -0.25) is 19.7 Å². The molecule has 3 rings (SSSR count). The highest BCUT2D eigenvalue weighted by atomic mass is 32.2. The number of nitro groups is 1. The van der Waals surface area contributed by atoms with E-state index in [2.05, 4.69) is 0 Å². The summed E-state index contributed by atoms with van der Waals surface area (Å²) in [6, 6.07) is 13.4. The van der Waals surface area contributed by atoms with E-state index >= 15 is 0 Å². The zero-order chi connectivity index (χ0) is 19.4. The molecule has 0 N–H and O–H groups in total. The summed E-state index contributed by atoms with van der Waals surface area (Å²) in [5.74, 6) is -1.07. The van der Waals surface area contributed by atoms with Gasteiger partial charge >= 0.3 is 5.97 Å². The minimum absolute atomic E-state index is 0.0173. The predicted molar refractivity (Wildman–Crippen MR) is 102 cm³/mol. The number of ether oxygens (including phenoxy) is 1. The summed E-state index contributed by atoms with van der Waals surface area (Å²) in [6.45, 7) is 0.305. The zero-order valence-electron chi connectivity index (χ0n) is 14.7. The first-order valence-electron chi connectivity index (χ1n) is 8.32. The van der Waals surface area contributed by atoms with E-state index in [0.717, 1.165) is 10.6 Å². The first kappa shape index (κ1) is 18.9. The smallest absolute Gasteiger partial charge is 0.311 e. The van der Waals surface area contributed by atoms with Crippen LogP contribution in [-0.4, -0.2) is 29.6 Å². The third kappa shape index (κ3) is 4.46. The molecule has 0 radical (unpaired) electrons. The molecule has 1 atom stereocenters. The van der Waals surface area contributed by atoms with Crippen LogP contribution in [0.25, 0.3) is 0 Å². The third-order valence-electron chi connectivity index (χ3n) is 4.35. The Morgan fingerprint density at radius 2 is 2.04 bits per heavy atom. The number of rotatable bonds is 6. The van der Waals surface area contributed by atoms with Crippen LogP contribution in [0, 0.1) is 16.0 Å². The number of nitrogens with zero attached hydrogens (tertiary/aromatic N) is 2. The van der Waals surface area contributed by atoms with E-state index in [4.69, 9.17) is 4.74 Å². The number of esters is 1. The van der Waals surface area contributed by atoms with E-state index in [1.807, 2.05) is 30.5 Å². The predicted octanol–water partition coefficient (Wildman–Crippen LogP) is 3.41. The van der Waals surface area contributed by atoms with Gasteiger partial charge in [0.05, 0.1) is 10.8 Å². The van der Waals surface area contributed by atoms with Gasteiger partial charge in [0.2, 0.25) is 5.91 Å². The van der Waals surface area contributed by atoms with Gasteiger partial charge in [0.1, 0.15) is 6.61 Å². The molecule has 0 spiro atoms. The molecule has 1 heterocycles. The quantitative estimate of drug-likeness (QED) is 0.327. The lowest BCUT2D eigenvalue weighted by Gasteiger charge is -2.17. The van der Waals surface area contributed by atoms with Crippen molar-refractivity contribution in [2.45, 2.75) is 17.9 Å². The molecule has 1 amide bonds. The molecular weight excluding hydrogens is 368 g/mol. The maximum Gasteiger partial charge on any atom is 0.311 e. The Kier molecular flexibility index (Phi) is 5.75. The van der Waals surface area contributed by atoms with Crippen molar-refractivity contribution in [3.63, 3.8) is 0 Å². The second-order valence-corrected chi connectivity index (χ2v) is 7.02. The first-order chi connectivity index (χ1) is 13.0. The lowest BCUT2D eigenvalue weighted by molar-refractivity contribution is -0.384. The normalized spacial score (nSPS) is 16.4. The number of non-ortho nitro benzene ring substituents is 1. The van der Waals surface area contributed by atoms with Crippen molar-refractivity contribution in [3.8, 4) is 0 Å². The van der Waals surface area contributed by atoms with E-state index in [9.17, 15) is 19.7 Å². The number of benzene rings is 2. The number of hydrogen-bond donors (Lipinski definition) is 0. The molecule has 0 aromatic heterocycles. The third-order valence-corrected chi connectivity index (χ3v) is 5.08. The SMILES string of the molecule is CSc1cccc(N2C[C@H](C(=O)OCc3ccc([N+](=O)[O-])cc3)CC2=O)c1. The highest BCUT2D eigenvalue weighted by Gasteiger charge is 2.36. The van der Waals surface area contributed by atoms with Gasteiger partial charge in [-0.05, 0) is 42.2 Å². The minimum Gasteiger partial charge on any atom is -0.461 e. The van der Waals surface area contributed by atoms with Gasteiger partial charge in [-0.15, -0.1) is 11.8 Å². The lowest BCUT2D eigenvalue weighted by Crippen LogP contribution is -2.26. The van der Waals surface area contributed by atoms with Crippen molar-refractivity contribution in [3.05, 3.63) is 64.2 Å².